The van der Waals surface area contributed by atoms with Crippen LogP contribution >= 0.6 is 0 Å². The summed E-state index contributed by atoms with van der Waals surface area (Å²) in [6, 6.07) is 0.504. The molecule has 0 aromatic rings. The van der Waals surface area contributed by atoms with E-state index in [0.717, 1.165) is 24.5 Å². The molecule has 0 aliphatic heterocycles. The lowest BCUT2D eigenvalue weighted by atomic mass is 9.82. The van der Waals surface area contributed by atoms with Gasteiger partial charge in [0, 0.05) is 24.4 Å². The highest BCUT2D eigenvalue weighted by Gasteiger charge is 2.28. The molecule has 0 bridgehead atoms. The van der Waals surface area contributed by atoms with E-state index in [9.17, 15) is 0 Å². The molecule has 3 heteroatoms. The zero-order valence-corrected chi connectivity index (χ0v) is 11.0. The molecular weight excluding hydrogens is 202 g/mol. The van der Waals surface area contributed by atoms with E-state index in [-0.39, 0.29) is 5.41 Å². The van der Waals surface area contributed by atoms with Gasteiger partial charge in [0.1, 0.15) is 5.76 Å². The number of nitrogens with one attached hydrogen (secondary N) is 1. The average Bonchev–Trinajstić information content (AvgIpc) is 2.26. The van der Waals surface area contributed by atoms with Crippen molar-refractivity contribution in [2.45, 2.75) is 33.2 Å². The number of hydrogen-bond donors (Lipinski definition) is 1. The number of methoxy groups -OCH3 is 2. The van der Waals surface area contributed by atoms with Gasteiger partial charge in [-0.2, -0.15) is 0 Å². The Morgan fingerprint density at radius 2 is 2.06 bits per heavy atom. The van der Waals surface area contributed by atoms with Crippen molar-refractivity contribution in [2.24, 2.45) is 5.41 Å². The maximum atomic E-state index is 5.37. The fourth-order valence-corrected chi connectivity index (χ4v) is 1.80. The van der Waals surface area contributed by atoms with Gasteiger partial charge in [-0.3, -0.25) is 0 Å². The van der Waals surface area contributed by atoms with E-state index in [1.165, 1.54) is 0 Å². The summed E-state index contributed by atoms with van der Waals surface area (Å²) in [6.07, 6.45) is 5.08. The lowest BCUT2D eigenvalue weighted by molar-refractivity contribution is 0.189. The molecule has 16 heavy (non-hydrogen) atoms. The van der Waals surface area contributed by atoms with Crippen LogP contribution in [0.3, 0.4) is 0 Å². The molecule has 0 saturated heterocycles. The van der Waals surface area contributed by atoms with Crippen molar-refractivity contribution in [3.63, 3.8) is 0 Å². The SMILES string of the molecule is COC1=C(OC)CC(C)(CNC(C)C)C=C1. The standard InChI is InChI=1S/C13H23NO2/c1-10(2)14-9-13(3)7-6-11(15-4)12(8-13)16-5/h6-7,10,14H,8-9H2,1-5H3. The van der Waals surface area contributed by atoms with Gasteiger partial charge < -0.3 is 14.8 Å². The van der Waals surface area contributed by atoms with Crippen molar-refractivity contribution in [1.29, 1.82) is 0 Å². The molecule has 0 spiro atoms. The van der Waals surface area contributed by atoms with Crippen LogP contribution in [-0.4, -0.2) is 26.8 Å². The summed E-state index contributed by atoms with van der Waals surface area (Å²) < 4.78 is 10.6. The van der Waals surface area contributed by atoms with E-state index in [1.54, 1.807) is 14.2 Å². The highest BCUT2D eigenvalue weighted by molar-refractivity contribution is 5.26. The molecule has 0 radical (unpaired) electrons. The van der Waals surface area contributed by atoms with Crippen molar-refractivity contribution in [3.8, 4) is 0 Å². The third kappa shape index (κ3) is 3.27. The minimum Gasteiger partial charge on any atom is -0.497 e. The summed E-state index contributed by atoms with van der Waals surface area (Å²) in [4.78, 5) is 0. The first-order chi connectivity index (χ1) is 7.50. The molecule has 0 heterocycles. The van der Waals surface area contributed by atoms with Crippen LogP contribution in [0.4, 0.5) is 0 Å². The van der Waals surface area contributed by atoms with Crippen molar-refractivity contribution in [3.05, 3.63) is 23.7 Å². The fourth-order valence-electron chi connectivity index (χ4n) is 1.80. The van der Waals surface area contributed by atoms with Crippen LogP contribution in [0.5, 0.6) is 0 Å². The summed E-state index contributed by atoms with van der Waals surface area (Å²) in [7, 11) is 3.37. The molecule has 3 nitrogen and oxygen atoms in total. The minimum absolute atomic E-state index is 0.109. The Bertz CT molecular complexity index is 294. The van der Waals surface area contributed by atoms with Crippen molar-refractivity contribution in [2.75, 3.05) is 20.8 Å². The summed E-state index contributed by atoms with van der Waals surface area (Å²) in [5.41, 5.74) is 0.109. The molecule has 0 aromatic carbocycles. The van der Waals surface area contributed by atoms with E-state index >= 15 is 0 Å². The van der Waals surface area contributed by atoms with Crippen LogP contribution in [0.15, 0.2) is 23.7 Å². The molecular formula is C13H23NO2. The molecule has 1 atom stereocenters. The van der Waals surface area contributed by atoms with Gasteiger partial charge in [0.15, 0.2) is 5.76 Å². The molecule has 1 N–H and O–H groups in total. The van der Waals surface area contributed by atoms with Gasteiger partial charge in [-0.25, -0.2) is 0 Å². The normalized spacial score (nSPS) is 25.1. The van der Waals surface area contributed by atoms with Gasteiger partial charge in [-0.05, 0) is 6.08 Å². The van der Waals surface area contributed by atoms with Gasteiger partial charge in [0.25, 0.3) is 0 Å². The minimum atomic E-state index is 0.109. The first kappa shape index (κ1) is 13.1. The van der Waals surface area contributed by atoms with Crippen LogP contribution in [0.1, 0.15) is 27.2 Å². The Balaban J connectivity index is 2.68. The lowest BCUT2D eigenvalue weighted by Crippen LogP contribution is -2.36. The molecule has 92 valence electrons. The molecule has 1 rings (SSSR count). The van der Waals surface area contributed by atoms with Gasteiger partial charge >= 0.3 is 0 Å². The molecule has 0 aromatic heterocycles. The number of ether oxygens (including phenoxy) is 2. The topological polar surface area (TPSA) is 30.5 Å². The number of allylic oxidation sites excluding steroid dienone is 2. The summed E-state index contributed by atoms with van der Waals surface area (Å²) >= 11 is 0. The van der Waals surface area contributed by atoms with Crippen molar-refractivity contribution in [1.82, 2.24) is 5.32 Å². The highest BCUT2D eigenvalue weighted by Crippen LogP contribution is 2.34. The Hall–Kier alpha value is -0.960. The summed E-state index contributed by atoms with van der Waals surface area (Å²) in [5, 5.41) is 3.46. The maximum absolute atomic E-state index is 5.37. The molecule has 1 aliphatic carbocycles. The Labute approximate surface area is 98.5 Å². The monoisotopic (exact) mass is 225 g/mol. The van der Waals surface area contributed by atoms with E-state index < -0.39 is 0 Å². The smallest absolute Gasteiger partial charge is 0.156 e. The van der Waals surface area contributed by atoms with E-state index in [4.69, 9.17) is 9.47 Å². The van der Waals surface area contributed by atoms with Crippen LogP contribution < -0.4 is 5.32 Å². The predicted octanol–water partition coefficient (Wildman–Crippen LogP) is 2.46. The molecule has 0 amide bonds. The van der Waals surface area contributed by atoms with Gasteiger partial charge in [0.05, 0.1) is 14.2 Å². The Morgan fingerprint density at radius 3 is 2.56 bits per heavy atom. The third-order valence-electron chi connectivity index (χ3n) is 2.86. The molecule has 1 aliphatic rings. The number of rotatable bonds is 5. The molecule has 0 fully saturated rings. The second-order valence-corrected chi connectivity index (χ2v) is 4.90. The second-order valence-electron chi connectivity index (χ2n) is 4.90. The molecule has 0 saturated carbocycles. The van der Waals surface area contributed by atoms with Crippen LogP contribution in [0, 0.1) is 5.41 Å². The fraction of sp³-hybridized carbons (Fsp3) is 0.692. The summed E-state index contributed by atoms with van der Waals surface area (Å²) in [5.74, 6) is 1.77. The molecule has 1 unspecified atom stereocenters. The Morgan fingerprint density at radius 1 is 1.38 bits per heavy atom. The maximum Gasteiger partial charge on any atom is 0.156 e. The zero-order chi connectivity index (χ0) is 12.2. The summed E-state index contributed by atoms with van der Waals surface area (Å²) in [6.45, 7) is 7.49. The largest absolute Gasteiger partial charge is 0.497 e. The number of hydrogen-bond acceptors (Lipinski definition) is 3. The van der Waals surface area contributed by atoms with E-state index in [1.807, 2.05) is 6.08 Å². The van der Waals surface area contributed by atoms with E-state index in [2.05, 4.69) is 32.2 Å². The third-order valence-corrected chi connectivity index (χ3v) is 2.86. The van der Waals surface area contributed by atoms with Crippen LogP contribution in [0.25, 0.3) is 0 Å². The van der Waals surface area contributed by atoms with Gasteiger partial charge in [0.2, 0.25) is 0 Å². The second kappa shape index (κ2) is 5.39. The average molecular weight is 225 g/mol. The van der Waals surface area contributed by atoms with E-state index in [0.29, 0.717) is 6.04 Å². The first-order valence-electron chi connectivity index (χ1n) is 5.74. The first-order valence-corrected chi connectivity index (χ1v) is 5.74. The highest BCUT2D eigenvalue weighted by atomic mass is 16.5. The lowest BCUT2D eigenvalue weighted by Gasteiger charge is -2.31. The van der Waals surface area contributed by atoms with Gasteiger partial charge in [-0.15, -0.1) is 0 Å². The van der Waals surface area contributed by atoms with Gasteiger partial charge in [-0.1, -0.05) is 26.8 Å². The predicted molar refractivity (Wildman–Crippen MR) is 66.0 cm³/mol. The van der Waals surface area contributed by atoms with Crippen molar-refractivity contribution >= 4 is 0 Å². The van der Waals surface area contributed by atoms with Crippen LogP contribution in [-0.2, 0) is 9.47 Å². The zero-order valence-electron chi connectivity index (χ0n) is 11.0. The van der Waals surface area contributed by atoms with Crippen LogP contribution in [0.2, 0.25) is 0 Å². The quantitative estimate of drug-likeness (QED) is 0.779. The van der Waals surface area contributed by atoms with Crippen molar-refractivity contribution < 1.29 is 9.47 Å². The Kier molecular flexibility index (Phi) is 4.42.